The number of aryl methyl sites for hydroxylation is 2. The van der Waals surface area contributed by atoms with Gasteiger partial charge < -0.3 is 10.4 Å². The van der Waals surface area contributed by atoms with Crippen LogP contribution >= 0.6 is 0 Å². The van der Waals surface area contributed by atoms with E-state index in [2.05, 4.69) is 10.4 Å². The third-order valence-corrected chi connectivity index (χ3v) is 2.28. The molecule has 0 fully saturated rings. The second-order valence-corrected chi connectivity index (χ2v) is 3.88. The Morgan fingerprint density at radius 1 is 1.69 bits per heavy atom. The van der Waals surface area contributed by atoms with Crippen molar-refractivity contribution < 1.29 is 9.90 Å². The second-order valence-electron chi connectivity index (χ2n) is 3.88. The number of nitrogens with one attached hydrogen (secondary N) is 1. The lowest BCUT2D eigenvalue weighted by Gasteiger charge is -2.07. The average Bonchev–Trinajstić information content (AvgIpc) is 2.59. The standard InChI is InChI=1S/C11H19N3O2/c1-4-14-10(7-8(2)13-14)11(16)12-6-5-9(3)15/h7,9,15H,4-6H2,1-3H3,(H,12,16). The summed E-state index contributed by atoms with van der Waals surface area (Å²) >= 11 is 0. The molecule has 90 valence electrons. The monoisotopic (exact) mass is 225 g/mol. The van der Waals surface area contributed by atoms with E-state index >= 15 is 0 Å². The van der Waals surface area contributed by atoms with E-state index in [1.54, 1.807) is 17.7 Å². The van der Waals surface area contributed by atoms with Gasteiger partial charge in [-0.1, -0.05) is 0 Å². The summed E-state index contributed by atoms with van der Waals surface area (Å²) in [5, 5.41) is 16.0. The highest BCUT2D eigenvalue weighted by Crippen LogP contribution is 2.03. The Morgan fingerprint density at radius 2 is 2.38 bits per heavy atom. The normalized spacial score (nSPS) is 12.5. The number of amides is 1. The molecule has 0 saturated carbocycles. The van der Waals surface area contributed by atoms with Crippen LogP contribution < -0.4 is 5.32 Å². The molecule has 1 unspecified atom stereocenters. The van der Waals surface area contributed by atoms with Crippen molar-refractivity contribution in [1.82, 2.24) is 15.1 Å². The van der Waals surface area contributed by atoms with Crippen LogP contribution in [0, 0.1) is 6.92 Å². The molecule has 0 aliphatic heterocycles. The number of aliphatic hydroxyl groups is 1. The van der Waals surface area contributed by atoms with Gasteiger partial charge in [-0.05, 0) is 33.3 Å². The lowest BCUT2D eigenvalue weighted by molar-refractivity contribution is 0.0935. The van der Waals surface area contributed by atoms with Crippen LogP contribution in [-0.2, 0) is 6.54 Å². The van der Waals surface area contributed by atoms with E-state index in [4.69, 9.17) is 5.11 Å². The summed E-state index contributed by atoms with van der Waals surface area (Å²) in [7, 11) is 0. The fourth-order valence-corrected chi connectivity index (χ4v) is 1.45. The molecule has 2 N–H and O–H groups in total. The van der Waals surface area contributed by atoms with Crippen molar-refractivity contribution in [3.8, 4) is 0 Å². The van der Waals surface area contributed by atoms with Crippen LogP contribution in [0.2, 0.25) is 0 Å². The van der Waals surface area contributed by atoms with Crippen LogP contribution in [0.3, 0.4) is 0 Å². The fourth-order valence-electron chi connectivity index (χ4n) is 1.45. The summed E-state index contributed by atoms with van der Waals surface area (Å²) in [6.07, 6.45) is 0.170. The maximum absolute atomic E-state index is 11.8. The third kappa shape index (κ3) is 3.34. The molecule has 0 spiro atoms. The van der Waals surface area contributed by atoms with Crippen molar-refractivity contribution in [1.29, 1.82) is 0 Å². The van der Waals surface area contributed by atoms with Gasteiger partial charge in [0.15, 0.2) is 0 Å². The molecule has 1 rings (SSSR count). The fraction of sp³-hybridized carbons (Fsp3) is 0.636. The minimum Gasteiger partial charge on any atom is -0.393 e. The first-order valence-corrected chi connectivity index (χ1v) is 5.55. The van der Waals surface area contributed by atoms with Crippen molar-refractivity contribution in [2.24, 2.45) is 0 Å². The van der Waals surface area contributed by atoms with E-state index < -0.39 is 6.10 Å². The lowest BCUT2D eigenvalue weighted by Crippen LogP contribution is -2.28. The van der Waals surface area contributed by atoms with Gasteiger partial charge in [0.2, 0.25) is 0 Å². The summed E-state index contributed by atoms with van der Waals surface area (Å²) in [6, 6.07) is 1.77. The molecule has 0 aliphatic carbocycles. The summed E-state index contributed by atoms with van der Waals surface area (Å²) in [5.41, 5.74) is 1.41. The topological polar surface area (TPSA) is 67.2 Å². The summed E-state index contributed by atoms with van der Waals surface area (Å²) in [5.74, 6) is -0.136. The zero-order valence-corrected chi connectivity index (χ0v) is 10.0. The molecule has 1 heterocycles. The predicted molar refractivity (Wildman–Crippen MR) is 61.3 cm³/mol. The van der Waals surface area contributed by atoms with Gasteiger partial charge in [0.05, 0.1) is 11.8 Å². The van der Waals surface area contributed by atoms with Crippen LogP contribution in [-0.4, -0.2) is 33.4 Å². The van der Waals surface area contributed by atoms with Gasteiger partial charge in [0.1, 0.15) is 5.69 Å². The maximum atomic E-state index is 11.8. The molecule has 1 aromatic rings. The predicted octanol–water partition coefficient (Wildman–Crippen LogP) is 0.712. The number of aromatic nitrogens is 2. The van der Waals surface area contributed by atoms with Crippen LogP contribution in [0.25, 0.3) is 0 Å². The van der Waals surface area contributed by atoms with Gasteiger partial charge in [0.25, 0.3) is 5.91 Å². The summed E-state index contributed by atoms with van der Waals surface area (Å²) in [4.78, 5) is 11.8. The number of rotatable bonds is 5. The Bertz CT molecular complexity index is 358. The number of hydrogen-bond donors (Lipinski definition) is 2. The Hall–Kier alpha value is -1.36. The van der Waals surface area contributed by atoms with E-state index in [0.717, 1.165) is 5.69 Å². The van der Waals surface area contributed by atoms with Crippen LogP contribution in [0.4, 0.5) is 0 Å². The molecule has 5 heteroatoms. The average molecular weight is 225 g/mol. The van der Waals surface area contributed by atoms with Crippen LogP contribution in [0.5, 0.6) is 0 Å². The highest BCUT2D eigenvalue weighted by molar-refractivity contribution is 5.92. The zero-order chi connectivity index (χ0) is 12.1. The van der Waals surface area contributed by atoms with Crippen molar-refractivity contribution in [2.75, 3.05) is 6.54 Å². The molecular formula is C11H19N3O2. The molecule has 0 aromatic carbocycles. The van der Waals surface area contributed by atoms with Crippen molar-refractivity contribution in [2.45, 2.75) is 39.8 Å². The molecule has 1 aromatic heterocycles. The van der Waals surface area contributed by atoms with Crippen molar-refractivity contribution in [3.05, 3.63) is 17.5 Å². The first-order chi connectivity index (χ1) is 7.54. The molecule has 0 radical (unpaired) electrons. The SMILES string of the molecule is CCn1nc(C)cc1C(=O)NCCC(C)O. The van der Waals surface area contributed by atoms with Gasteiger partial charge in [0, 0.05) is 13.1 Å². The van der Waals surface area contributed by atoms with E-state index in [1.165, 1.54) is 0 Å². The lowest BCUT2D eigenvalue weighted by atomic mass is 10.3. The Kier molecular flexibility index (Phi) is 4.49. The molecule has 0 aliphatic rings. The summed E-state index contributed by atoms with van der Waals surface area (Å²) < 4.78 is 1.67. The molecule has 0 saturated heterocycles. The van der Waals surface area contributed by atoms with E-state index in [-0.39, 0.29) is 5.91 Å². The highest BCUT2D eigenvalue weighted by atomic mass is 16.3. The Labute approximate surface area is 95.5 Å². The van der Waals surface area contributed by atoms with E-state index in [1.807, 2.05) is 13.8 Å². The third-order valence-electron chi connectivity index (χ3n) is 2.28. The zero-order valence-electron chi connectivity index (χ0n) is 10.0. The maximum Gasteiger partial charge on any atom is 0.269 e. The Morgan fingerprint density at radius 3 is 2.94 bits per heavy atom. The van der Waals surface area contributed by atoms with Gasteiger partial charge in [-0.2, -0.15) is 5.10 Å². The smallest absolute Gasteiger partial charge is 0.269 e. The first-order valence-electron chi connectivity index (χ1n) is 5.55. The Balaban J connectivity index is 2.58. The minimum atomic E-state index is -0.391. The van der Waals surface area contributed by atoms with Gasteiger partial charge >= 0.3 is 0 Å². The molecule has 5 nitrogen and oxygen atoms in total. The number of hydrogen-bond acceptors (Lipinski definition) is 3. The number of nitrogens with zero attached hydrogens (tertiary/aromatic N) is 2. The van der Waals surface area contributed by atoms with E-state index in [9.17, 15) is 4.79 Å². The van der Waals surface area contributed by atoms with Gasteiger partial charge in [-0.15, -0.1) is 0 Å². The van der Waals surface area contributed by atoms with Crippen LogP contribution in [0.1, 0.15) is 36.5 Å². The quantitative estimate of drug-likeness (QED) is 0.775. The number of carbonyl (C=O) groups excluding carboxylic acids is 1. The van der Waals surface area contributed by atoms with Crippen molar-refractivity contribution >= 4 is 5.91 Å². The molecule has 0 bridgehead atoms. The number of aliphatic hydroxyl groups excluding tert-OH is 1. The van der Waals surface area contributed by atoms with Gasteiger partial charge in [-0.25, -0.2) is 0 Å². The van der Waals surface area contributed by atoms with E-state index in [0.29, 0.717) is 25.2 Å². The van der Waals surface area contributed by atoms with Crippen LogP contribution in [0.15, 0.2) is 6.07 Å². The largest absolute Gasteiger partial charge is 0.393 e. The molecule has 1 atom stereocenters. The van der Waals surface area contributed by atoms with Gasteiger partial charge in [-0.3, -0.25) is 9.48 Å². The molecule has 16 heavy (non-hydrogen) atoms. The summed E-state index contributed by atoms with van der Waals surface area (Å²) in [6.45, 7) is 6.65. The highest BCUT2D eigenvalue weighted by Gasteiger charge is 2.12. The minimum absolute atomic E-state index is 0.136. The number of carbonyl (C=O) groups is 1. The molecular weight excluding hydrogens is 206 g/mol. The second kappa shape index (κ2) is 5.65. The molecule has 1 amide bonds. The first kappa shape index (κ1) is 12.7. The van der Waals surface area contributed by atoms with Crippen molar-refractivity contribution in [3.63, 3.8) is 0 Å².